The summed E-state index contributed by atoms with van der Waals surface area (Å²) in [6, 6.07) is 6.72. The largest absolute Gasteiger partial charge is 0.346 e. The van der Waals surface area contributed by atoms with Gasteiger partial charge in [-0.3, -0.25) is 0 Å². The van der Waals surface area contributed by atoms with Crippen LogP contribution in [0.15, 0.2) is 23.1 Å². The second kappa shape index (κ2) is 3.85. The molecule has 0 saturated heterocycles. The van der Waals surface area contributed by atoms with Crippen molar-refractivity contribution in [2.24, 2.45) is 7.05 Å². The zero-order chi connectivity index (χ0) is 11.1. The van der Waals surface area contributed by atoms with Gasteiger partial charge in [0.05, 0.1) is 5.52 Å². The maximum atomic E-state index is 2.43. The van der Waals surface area contributed by atoms with Gasteiger partial charge >= 0.3 is 0 Å². The molecule has 1 aromatic heterocycles. The van der Waals surface area contributed by atoms with E-state index in [9.17, 15) is 0 Å². The lowest BCUT2D eigenvalue weighted by molar-refractivity contribution is 0.653. The molecule has 1 aromatic carbocycles. The maximum absolute atomic E-state index is 2.43. The number of aryl methyl sites for hydroxylation is 2. The van der Waals surface area contributed by atoms with Crippen LogP contribution in [0.3, 0.4) is 0 Å². The molecule has 16 heavy (non-hydrogen) atoms. The van der Waals surface area contributed by atoms with Crippen LogP contribution in [0.25, 0.3) is 10.9 Å². The molecule has 0 radical (unpaired) electrons. The normalized spacial score (nSPS) is 15.4. The minimum Gasteiger partial charge on any atom is -0.346 e. The minimum absolute atomic E-state index is 1.26. The fraction of sp³-hybridized carbons (Fsp3) is 0.429. The van der Waals surface area contributed by atoms with E-state index in [1.807, 2.05) is 11.8 Å². The van der Waals surface area contributed by atoms with Gasteiger partial charge in [-0.2, -0.15) is 0 Å². The van der Waals surface area contributed by atoms with Crippen molar-refractivity contribution in [1.29, 1.82) is 0 Å². The first-order valence-corrected chi connectivity index (χ1v) is 7.18. The molecule has 84 valence electrons. The van der Waals surface area contributed by atoms with Crippen LogP contribution in [0.1, 0.15) is 24.1 Å². The molecular weight excluding hydrogens is 214 g/mol. The number of hydrogen-bond donors (Lipinski definition) is 0. The Bertz CT molecular complexity index is 539. The van der Waals surface area contributed by atoms with E-state index in [1.165, 1.54) is 41.5 Å². The summed E-state index contributed by atoms with van der Waals surface area (Å²) in [5.41, 5.74) is 4.63. The van der Waals surface area contributed by atoms with Crippen LogP contribution >= 0.6 is 11.8 Å². The Morgan fingerprint density at radius 3 is 2.81 bits per heavy atom. The number of thioether (sulfide) groups is 1. The van der Waals surface area contributed by atoms with Gasteiger partial charge in [0.25, 0.3) is 0 Å². The van der Waals surface area contributed by atoms with Gasteiger partial charge in [0.1, 0.15) is 0 Å². The quantitative estimate of drug-likeness (QED) is 0.676. The molecule has 1 heterocycles. The van der Waals surface area contributed by atoms with Crippen LogP contribution in [0, 0.1) is 0 Å². The predicted molar refractivity (Wildman–Crippen MR) is 71.3 cm³/mol. The van der Waals surface area contributed by atoms with Gasteiger partial charge < -0.3 is 4.57 Å². The van der Waals surface area contributed by atoms with Gasteiger partial charge in [-0.15, -0.1) is 11.8 Å². The summed E-state index contributed by atoms with van der Waals surface area (Å²) in [6.07, 6.45) is 7.40. The molecule has 2 heteroatoms. The zero-order valence-corrected chi connectivity index (χ0v) is 10.7. The molecule has 0 unspecified atom stereocenters. The third kappa shape index (κ3) is 1.32. The van der Waals surface area contributed by atoms with Gasteiger partial charge in [-0.05, 0) is 43.6 Å². The third-order valence-corrected chi connectivity index (χ3v) is 4.49. The fourth-order valence-corrected chi connectivity index (χ4v) is 3.62. The van der Waals surface area contributed by atoms with Crippen LogP contribution < -0.4 is 0 Å². The molecule has 0 aliphatic heterocycles. The molecule has 0 bridgehead atoms. The first-order valence-electron chi connectivity index (χ1n) is 5.96. The van der Waals surface area contributed by atoms with Crippen molar-refractivity contribution in [2.45, 2.75) is 30.6 Å². The predicted octanol–water partition coefficient (Wildman–Crippen LogP) is 3.78. The third-order valence-electron chi connectivity index (χ3n) is 3.72. The second-order valence-electron chi connectivity index (χ2n) is 4.55. The number of benzene rings is 1. The highest BCUT2D eigenvalue weighted by Crippen LogP contribution is 2.35. The monoisotopic (exact) mass is 231 g/mol. The fourth-order valence-electron chi connectivity index (χ4n) is 2.96. The SMILES string of the molecule is CSc1cccc2c3c(n(C)c12)CCCC3. The van der Waals surface area contributed by atoms with Crippen molar-refractivity contribution >= 4 is 22.7 Å². The van der Waals surface area contributed by atoms with E-state index in [1.54, 1.807) is 11.3 Å². The average Bonchev–Trinajstić information content (AvgIpc) is 2.64. The van der Waals surface area contributed by atoms with Crippen molar-refractivity contribution < 1.29 is 0 Å². The van der Waals surface area contributed by atoms with Gasteiger partial charge in [-0.25, -0.2) is 0 Å². The lowest BCUT2D eigenvalue weighted by Gasteiger charge is -2.12. The van der Waals surface area contributed by atoms with Gasteiger partial charge in [0.2, 0.25) is 0 Å². The van der Waals surface area contributed by atoms with Crippen molar-refractivity contribution in [3.8, 4) is 0 Å². The number of nitrogens with zero attached hydrogens (tertiary/aromatic N) is 1. The number of para-hydroxylation sites is 1. The molecule has 0 spiro atoms. The highest BCUT2D eigenvalue weighted by Gasteiger charge is 2.19. The van der Waals surface area contributed by atoms with Gasteiger partial charge in [0.15, 0.2) is 0 Å². The number of fused-ring (bicyclic) bond motifs is 3. The summed E-state index contributed by atoms with van der Waals surface area (Å²) in [4.78, 5) is 1.41. The maximum Gasteiger partial charge on any atom is 0.0620 e. The van der Waals surface area contributed by atoms with Crippen molar-refractivity contribution in [1.82, 2.24) is 4.57 Å². The summed E-state index contributed by atoms with van der Waals surface area (Å²) in [5, 5.41) is 1.49. The molecule has 0 N–H and O–H groups in total. The zero-order valence-electron chi connectivity index (χ0n) is 9.92. The molecular formula is C14H17NS. The van der Waals surface area contributed by atoms with Crippen molar-refractivity contribution in [3.05, 3.63) is 29.5 Å². The second-order valence-corrected chi connectivity index (χ2v) is 5.40. The van der Waals surface area contributed by atoms with Crippen LogP contribution in [0.2, 0.25) is 0 Å². The molecule has 1 nitrogen and oxygen atoms in total. The molecule has 3 rings (SSSR count). The summed E-state index contributed by atoms with van der Waals surface area (Å²) in [6.45, 7) is 0. The number of aromatic nitrogens is 1. The van der Waals surface area contributed by atoms with Crippen LogP contribution in [0.4, 0.5) is 0 Å². The van der Waals surface area contributed by atoms with E-state index in [0.717, 1.165) is 0 Å². The van der Waals surface area contributed by atoms with E-state index in [-0.39, 0.29) is 0 Å². The molecule has 0 saturated carbocycles. The highest BCUT2D eigenvalue weighted by atomic mass is 32.2. The van der Waals surface area contributed by atoms with E-state index >= 15 is 0 Å². The topological polar surface area (TPSA) is 4.93 Å². The van der Waals surface area contributed by atoms with Crippen LogP contribution in [0.5, 0.6) is 0 Å². The molecule has 0 atom stereocenters. The van der Waals surface area contributed by atoms with Crippen molar-refractivity contribution in [3.63, 3.8) is 0 Å². The first kappa shape index (κ1) is 10.3. The summed E-state index contributed by atoms with van der Waals surface area (Å²) >= 11 is 1.86. The number of hydrogen-bond acceptors (Lipinski definition) is 1. The molecule has 0 fully saturated rings. The lowest BCUT2D eigenvalue weighted by atomic mass is 9.96. The summed E-state index contributed by atoms with van der Waals surface area (Å²) in [5.74, 6) is 0. The Kier molecular flexibility index (Phi) is 2.47. The number of rotatable bonds is 1. The Hall–Kier alpha value is -0.890. The smallest absolute Gasteiger partial charge is 0.0620 e. The van der Waals surface area contributed by atoms with Crippen molar-refractivity contribution in [2.75, 3.05) is 6.26 Å². The minimum atomic E-state index is 1.26. The lowest BCUT2D eigenvalue weighted by Crippen LogP contribution is -2.04. The first-order chi connectivity index (χ1) is 7.83. The van der Waals surface area contributed by atoms with E-state index in [4.69, 9.17) is 0 Å². The molecule has 2 aromatic rings. The van der Waals surface area contributed by atoms with Crippen LogP contribution in [-0.4, -0.2) is 10.8 Å². The van der Waals surface area contributed by atoms with E-state index < -0.39 is 0 Å². The van der Waals surface area contributed by atoms with Crippen LogP contribution in [-0.2, 0) is 19.9 Å². The Balaban J connectivity index is 2.39. The summed E-state index contributed by atoms with van der Waals surface area (Å²) < 4.78 is 2.43. The van der Waals surface area contributed by atoms with Gasteiger partial charge in [-0.1, -0.05) is 12.1 Å². The molecule has 0 amide bonds. The van der Waals surface area contributed by atoms with Gasteiger partial charge in [0, 0.05) is 23.0 Å². The van der Waals surface area contributed by atoms with E-state index in [2.05, 4.69) is 36.1 Å². The average molecular weight is 231 g/mol. The summed E-state index contributed by atoms with van der Waals surface area (Å²) in [7, 11) is 2.23. The standard InChI is InChI=1S/C14H17NS/c1-15-12-8-4-3-6-10(12)11-7-5-9-13(16-2)14(11)15/h5,7,9H,3-4,6,8H2,1-2H3. The molecule has 1 aliphatic carbocycles. The Labute approximate surface area is 101 Å². The highest BCUT2D eigenvalue weighted by molar-refractivity contribution is 7.98. The molecule has 1 aliphatic rings. The van der Waals surface area contributed by atoms with E-state index in [0.29, 0.717) is 0 Å². The Morgan fingerprint density at radius 1 is 1.19 bits per heavy atom. The Morgan fingerprint density at radius 2 is 2.00 bits per heavy atom.